The minimum Gasteiger partial charge on any atom is -0.339 e. The number of rotatable bonds is 6. The third kappa shape index (κ3) is 7.07. The molecule has 182 valence electrons. The molecule has 0 saturated carbocycles. The summed E-state index contributed by atoms with van der Waals surface area (Å²) in [6, 6.07) is 0. The number of nitrogens with zero attached hydrogens (tertiary/aromatic N) is 4. The molecule has 0 aliphatic rings. The summed E-state index contributed by atoms with van der Waals surface area (Å²) in [5.41, 5.74) is -2.29. The van der Waals surface area contributed by atoms with Crippen molar-refractivity contribution in [1.29, 1.82) is 0 Å². The van der Waals surface area contributed by atoms with E-state index in [0.29, 0.717) is 19.0 Å². The molecule has 1 aromatic heterocycles. The SMILES string of the molecule is C=c1c(=CC(=CN(C)C(C)=NC=C(C)C)C(C)(F)F)[nH]c(=O)n(N(C(C)=O)S(C)(=O)=O)c1=O. The van der Waals surface area contributed by atoms with Gasteiger partial charge >= 0.3 is 5.69 Å². The molecule has 0 spiro atoms. The molecule has 1 amide bonds. The van der Waals surface area contributed by atoms with Gasteiger partial charge in [0.2, 0.25) is 0 Å². The van der Waals surface area contributed by atoms with Gasteiger partial charge in [-0.3, -0.25) is 9.59 Å². The van der Waals surface area contributed by atoms with Crippen LogP contribution in [-0.2, 0) is 14.8 Å². The topological polar surface area (TPSA) is 125 Å². The molecule has 0 radical (unpaired) electrons. The second-order valence-corrected chi connectivity index (χ2v) is 9.39. The lowest BCUT2D eigenvalue weighted by Gasteiger charge is -2.19. The first-order valence-corrected chi connectivity index (χ1v) is 11.3. The number of sulfonamides is 1. The standard InChI is InChI=1S/C20H27F2N5O5S/c1-12(2)10-23-14(4)25(7)11-16(20(6,21)22)9-17-13(3)18(29)26(19(30)24-17)27(15(5)28)33(8,31)32/h9-11H,3H2,1-2,4-8H3,(H,24,30). The van der Waals surface area contributed by atoms with Crippen LogP contribution in [0.4, 0.5) is 8.78 Å². The number of aromatic nitrogens is 2. The van der Waals surface area contributed by atoms with Crippen molar-refractivity contribution in [3.05, 3.63) is 55.0 Å². The Morgan fingerprint density at radius 2 is 1.76 bits per heavy atom. The van der Waals surface area contributed by atoms with Crippen LogP contribution < -0.4 is 26.2 Å². The fraction of sp³-hybridized carbons (Fsp3) is 0.400. The molecule has 0 saturated heterocycles. The predicted octanol–water partition coefficient (Wildman–Crippen LogP) is -0.0155. The van der Waals surface area contributed by atoms with Crippen molar-refractivity contribution in [2.75, 3.05) is 17.7 Å². The first-order valence-electron chi connectivity index (χ1n) is 9.45. The number of hydrogen-bond acceptors (Lipinski definition) is 6. The maximum Gasteiger partial charge on any atom is 0.349 e. The Bertz CT molecular complexity index is 1360. The molecule has 1 heterocycles. The fourth-order valence-corrected chi connectivity index (χ4v) is 3.35. The normalized spacial score (nSPS) is 13.7. The quantitative estimate of drug-likeness (QED) is 0.444. The monoisotopic (exact) mass is 487 g/mol. The van der Waals surface area contributed by atoms with Gasteiger partial charge in [0.1, 0.15) is 5.84 Å². The van der Waals surface area contributed by atoms with E-state index in [1.165, 1.54) is 11.9 Å². The van der Waals surface area contributed by atoms with Gasteiger partial charge in [-0.05, 0) is 26.8 Å². The lowest BCUT2D eigenvalue weighted by Crippen LogP contribution is -2.62. The van der Waals surface area contributed by atoms with Crippen LogP contribution in [0, 0.1) is 0 Å². The zero-order valence-electron chi connectivity index (χ0n) is 19.4. The van der Waals surface area contributed by atoms with Gasteiger partial charge in [-0.25, -0.2) is 27.0 Å². The summed E-state index contributed by atoms with van der Waals surface area (Å²) in [5, 5.41) is -0.879. The van der Waals surface area contributed by atoms with Crippen molar-refractivity contribution in [2.45, 2.75) is 40.5 Å². The molecular formula is C20H27F2N5O5S. The van der Waals surface area contributed by atoms with Crippen molar-refractivity contribution in [3.8, 4) is 0 Å². The average molecular weight is 488 g/mol. The van der Waals surface area contributed by atoms with E-state index < -0.39 is 43.9 Å². The minimum atomic E-state index is -4.34. The van der Waals surface area contributed by atoms with Gasteiger partial charge in [-0.1, -0.05) is 12.2 Å². The van der Waals surface area contributed by atoms with E-state index in [4.69, 9.17) is 0 Å². The largest absolute Gasteiger partial charge is 0.349 e. The van der Waals surface area contributed by atoms with Crippen LogP contribution >= 0.6 is 0 Å². The molecule has 33 heavy (non-hydrogen) atoms. The van der Waals surface area contributed by atoms with Crippen molar-refractivity contribution in [3.63, 3.8) is 0 Å². The summed E-state index contributed by atoms with van der Waals surface area (Å²) >= 11 is 0. The zero-order chi connectivity index (χ0) is 25.9. The maximum atomic E-state index is 14.3. The van der Waals surface area contributed by atoms with E-state index in [-0.39, 0.29) is 14.4 Å². The number of amides is 1. The fourth-order valence-electron chi connectivity index (χ4n) is 2.44. The Hall–Kier alpha value is -3.35. The van der Waals surface area contributed by atoms with Gasteiger partial charge in [0.15, 0.2) is 0 Å². The highest BCUT2D eigenvalue weighted by atomic mass is 32.2. The molecule has 0 atom stereocenters. The van der Waals surface area contributed by atoms with E-state index in [9.17, 15) is 31.6 Å². The molecule has 0 unspecified atom stereocenters. The van der Waals surface area contributed by atoms with Crippen LogP contribution in [0.1, 0.15) is 34.6 Å². The third-order valence-corrected chi connectivity index (χ3v) is 5.18. The number of amidine groups is 1. The lowest BCUT2D eigenvalue weighted by molar-refractivity contribution is -0.116. The Morgan fingerprint density at radius 1 is 1.21 bits per heavy atom. The van der Waals surface area contributed by atoms with E-state index in [0.717, 1.165) is 24.8 Å². The van der Waals surface area contributed by atoms with E-state index in [1.54, 1.807) is 13.1 Å². The number of halogens is 2. The molecule has 0 aliphatic heterocycles. The number of H-pyrrole nitrogens is 1. The number of aliphatic imine (C=N–C) groups is 1. The van der Waals surface area contributed by atoms with Gasteiger partial charge in [0, 0.05) is 38.9 Å². The molecule has 1 N–H and O–H groups in total. The molecule has 0 bridgehead atoms. The van der Waals surface area contributed by atoms with Gasteiger partial charge in [0.05, 0.1) is 16.8 Å². The van der Waals surface area contributed by atoms with E-state index in [2.05, 4.69) is 16.6 Å². The molecule has 1 aromatic rings. The van der Waals surface area contributed by atoms with Crippen molar-refractivity contribution in [2.24, 2.45) is 4.99 Å². The number of alkyl halides is 2. The van der Waals surface area contributed by atoms with Crippen molar-refractivity contribution in [1.82, 2.24) is 14.6 Å². The predicted molar refractivity (Wildman–Crippen MR) is 123 cm³/mol. The van der Waals surface area contributed by atoms with Gasteiger partial charge in [-0.15, -0.1) is 9.09 Å². The number of allylic oxidation sites excluding steroid dienone is 2. The first-order chi connectivity index (χ1) is 14.9. The van der Waals surface area contributed by atoms with Gasteiger partial charge in [-0.2, -0.15) is 0 Å². The molecule has 13 heteroatoms. The molecular weight excluding hydrogens is 460 g/mol. The summed E-state index contributed by atoms with van der Waals surface area (Å²) in [6.07, 6.45) is 4.09. The second kappa shape index (κ2) is 10.1. The third-order valence-electron chi connectivity index (χ3n) is 4.13. The molecule has 0 fully saturated rings. The summed E-state index contributed by atoms with van der Waals surface area (Å²) in [6.45, 7) is 10.1. The van der Waals surface area contributed by atoms with Crippen LogP contribution in [0.2, 0.25) is 0 Å². The highest BCUT2D eigenvalue weighted by Crippen LogP contribution is 2.24. The number of aromatic amines is 1. The van der Waals surface area contributed by atoms with E-state index >= 15 is 0 Å². The Labute approximate surface area is 189 Å². The van der Waals surface area contributed by atoms with Crippen molar-refractivity contribution < 1.29 is 22.0 Å². The zero-order valence-corrected chi connectivity index (χ0v) is 20.2. The lowest BCUT2D eigenvalue weighted by atomic mass is 10.1. The van der Waals surface area contributed by atoms with Crippen molar-refractivity contribution >= 4 is 34.4 Å². The van der Waals surface area contributed by atoms with Gasteiger partial charge in [0.25, 0.3) is 27.4 Å². The average Bonchev–Trinajstić information content (AvgIpc) is 2.64. The molecule has 0 aliphatic carbocycles. The summed E-state index contributed by atoms with van der Waals surface area (Å²) in [7, 11) is -2.86. The highest BCUT2D eigenvalue weighted by molar-refractivity contribution is 7.92. The van der Waals surface area contributed by atoms with Crippen LogP contribution in [-0.4, -0.2) is 53.9 Å². The summed E-state index contributed by atoms with van der Waals surface area (Å²) < 4.78 is 52.4. The summed E-state index contributed by atoms with van der Waals surface area (Å²) in [4.78, 5) is 44.5. The van der Waals surface area contributed by atoms with Crippen LogP contribution in [0.15, 0.2) is 38.1 Å². The minimum absolute atomic E-state index is 0.0331. The highest BCUT2D eigenvalue weighted by Gasteiger charge is 2.28. The Kier molecular flexibility index (Phi) is 8.44. The summed E-state index contributed by atoms with van der Waals surface area (Å²) in [5.74, 6) is -4.15. The molecule has 1 rings (SSSR count). The number of nitrogens with one attached hydrogen (secondary N) is 1. The second-order valence-electron chi connectivity index (χ2n) is 7.58. The van der Waals surface area contributed by atoms with E-state index in [1.807, 2.05) is 13.8 Å². The Morgan fingerprint density at radius 3 is 2.18 bits per heavy atom. The van der Waals surface area contributed by atoms with Crippen LogP contribution in [0.25, 0.3) is 12.7 Å². The maximum absolute atomic E-state index is 14.3. The van der Waals surface area contributed by atoms with Crippen LogP contribution in [0.3, 0.4) is 0 Å². The number of hydrogen-bond donors (Lipinski definition) is 1. The number of carbonyl (C=O) groups excluding carboxylic acids is 1. The van der Waals surface area contributed by atoms with Crippen LogP contribution in [0.5, 0.6) is 0 Å². The molecule has 10 nitrogen and oxygen atoms in total. The molecule has 0 aromatic carbocycles. The smallest absolute Gasteiger partial charge is 0.339 e. The number of carbonyl (C=O) groups is 1. The van der Waals surface area contributed by atoms with Gasteiger partial charge < -0.3 is 9.88 Å². The first kappa shape index (κ1) is 27.7. The Balaban J connectivity index is 3.86.